The van der Waals surface area contributed by atoms with Crippen LogP contribution < -0.4 is 5.73 Å². The molecule has 0 aliphatic rings. The van der Waals surface area contributed by atoms with Gasteiger partial charge in [0.15, 0.2) is 0 Å². The number of hydrogen-bond acceptors (Lipinski definition) is 5. The number of aliphatic hydroxyl groups excluding tert-OH is 1. The first-order valence-corrected chi connectivity index (χ1v) is 4.88. The van der Waals surface area contributed by atoms with Crippen molar-refractivity contribution >= 4 is 11.7 Å². The zero-order valence-electron chi connectivity index (χ0n) is 9.18. The first-order chi connectivity index (χ1) is 8.33. The molecule has 6 nitrogen and oxygen atoms in total. The summed E-state index contributed by atoms with van der Waals surface area (Å²) in [4.78, 5) is 19.3. The van der Waals surface area contributed by atoms with E-state index in [4.69, 9.17) is 10.8 Å². The zero-order valence-corrected chi connectivity index (χ0v) is 9.18. The third-order valence-corrected chi connectivity index (χ3v) is 1.92. The second-order valence-corrected chi connectivity index (χ2v) is 3.39. The van der Waals surface area contributed by atoms with Crippen LogP contribution in [0.4, 0.5) is 19.0 Å². The molecule has 100 valence electrons. The first kappa shape index (κ1) is 14.2. The summed E-state index contributed by atoms with van der Waals surface area (Å²) in [5.41, 5.74) is 4.98. The van der Waals surface area contributed by atoms with Crippen LogP contribution >= 0.6 is 0 Å². The van der Waals surface area contributed by atoms with Crippen LogP contribution in [0.5, 0.6) is 0 Å². The Labute approximate surface area is 100 Å². The molecular formula is C9H11F3N4O2. The van der Waals surface area contributed by atoms with Gasteiger partial charge in [-0.2, -0.15) is 13.2 Å². The highest BCUT2D eigenvalue weighted by Crippen LogP contribution is 2.17. The Morgan fingerprint density at radius 3 is 2.50 bits per heavy atom. The number of alkyl halides is 3. The minimum absolute atomic E-state index is 0.0519. The Morgan fingerprint density at radius 2 is 2.06 bits per heavy atom. The summed E-state index contributed by atoms with van der Waals surface area (Å²) in [5, 5.41) is 8.66. The van der Waals surface area contributed by atoms with Crippen molar-refractivity contribution in [2.24, 2.45) is 0 Å². The SMILES string of the molecule is Nc1cnc(C(=O)N(CCO)CC(F)(F)F)cn1. The molecule has 1 amide bonds. The van der Waals surface area contributed by atoms with Crippen molar-refractivity contribution in [3.8, 4) is 0 Å². The molecule has 0 aliphatic heterocycles. The van der Waals surface area contributed by atoms with Crippen molar-refractivity contribution in [1.82, 2.24) is 14.9 Å². The molecule has 0 radical (unpaired) electrons. The predicted octanol–water partition coefficient (Wildman–Crippen LogP) is 0.0556. The molecule has 18 heavy (non-hydrogen) atoms. The number of aliphatic hydroxyl groups is 1. The monoisotopic (exact) mass is 264 g/mol. The quantitative estimate of drug-likeness (QED) is 0.802. The fourth-order valence-corrected chi connectivity index (χ4v) is 1.20. The third kappa shape index (κ3) is 4.17. The van der Waals surface area contributed by atoms with Crippen LogP contribution in [0.25, 0.3) is 0 Å². The van der Waals surface area contributed by atoms with E-state index in [-0.39, 0.29) is 11.5 Å². The second kappa shape index (κ2) is 5.63. The van der Waals surface area contributed by atoms with Crippen LogP contribution in [-0.2, 0) is 0 Å². The molecule has 0 fully saturated rings. The number of amides is 1. The molecule has 0 aliphatic carbocycles. The summed E-state index contributed by atoms with van der Waals surface area (Å²) in [6.45, 7) is -2.48. The Balaban J connectivity index is 2.85. The van der Waals surface area contributed by atoms with Gasteiger partial charge in [0.25, 0.3) is 5.91 Å². The molecular weight excluding hydrogens is 253 g/mol. The number of hydrogen-bond donors (Lipinski definition) is 2. The summed E-state index contributed by atoms with van der Waals surface area (Å²) < 4.78 is 36.7. The van der Waals surface area contributed by atoms with Gasteiger partial charge in [-0.1, -0.05) is 0 Å². The lowest BCUT2D eigenvalue weighted by molar-refractivity contribution is -0.141. The molecule has 0 unspecified atom stereocenters. The normalized spacial score (nSPS) is 11.3. The number of nitrogens with two attached hydrogens (primary N) is 1. The molecule has 0 bridgehead atoms. The van der Waals surface area contributed by atoms with Crippen molar-refractivity contribution in [2.45, 2.75) is 6.18 Å². The van der Waals surface area contributed by atoms with Crippen LogP contribution in [-0.4, -0.2) is 51.8 Å². The maximum absolute atomic E-state index is 12.2. The van der Waals surface area contributed by atoms with Crippen LogP contribution in [0.15, 0.2) is 12.4 Å². The maximum Gasteiger partial charge on any atom is 0.406 e. The molecule has 0 saturated carbocycles. The molecule has 3 N–H and O–H groups in total. The molecule has 1 heterocycles. The van der Waals surface area contributed by atoms with E-state index in [1.807, 2.05) is 0 Å². The topological polar surface area (TPSA) is 92.3 Å². The summed E-state index contributed by atoms with van der Waals surface area (Å²) in [6, 6.07) is 0. The molecule has 0 atom stereocenters. The van der Waals surface area contributed by atoms with Gasteiger partial charge in [-0.25, -0.2) is 9.97 Å². The van der Waals surface area contributed by atoms with Gasteiger partial charge in [-0.15, -0.1) is 0 Å². The van der Waals surface area contributed by atoms with E-state index < -0.39 is 31.8 Å². The molecule has 1 aromatic heterocycles. The summed E-state index contributed by atoms with van der Waals surface area (Å²) >= 11 is 0. The second-order valence-electron chi connectivity index (χ2n) is 3.39. The average molecular weight is 264 g/mol. The lowest BCUT2D eigenvalue weighted by atomic mass is 10.3. The van der Waals surface area contributed by atoms with E-state index in [1.54, 1.807) is 0 Å². The van der Waals surface area contributed by atoms with Crippen LogP contribution in [0.1, 0.15) is 10.5 Å². The van der Waals surface area contributed by atoms with Gasteiger partial charge in [0.1, 0.15) is 18.1 Å². The molecule has 9 heteroatoms. The minimum atomic E-state index is -4.55. The maximum atomic E-state index is 12.2. The minimum Gasteiger partial charge on any atom is -0.395 e. The van der Waals surface area contributed by atoms with Gasteiger partial charge in [0.2, 0.25) is 0 Å². The Morgan fingerprint density at radius 1 is 1.39 bits per heavy atom. The van der Waals surface area contributed by atoms with E-state index in [0.29, 0.717) is 4.90 Å². The Kier molecular flexibility index (Phi) is 4.43. The van der Waals surface area contributed by atoms with Crippen molar-refractivity contribution in [1.29, 1.82) is 0 Å². The molecule has 0 aromatic carbocycles. The molecule has 1 rings (SSSR count). The third-order valence-electron chi connectivity index (χ3n) is 1.92. The lowest BCUT2D eigenvalue weighted by Crippen LogP contribution is -2.41. The number of nitrogen functional groups attached to an aromatic ring is 1. The van der Waals surface area contributed by atoms with Crippen molar-refractivity contribution in [3.63, 3.8) is 0 Å². The van der Waals surface area contributed by atoms with Crippen LogP contribution in [0.3, 0.4) is 0 Å². The van der Waals surface area contributed by atoms with E-state index in [0.717, 1.165) is 12.4 Å². The number of anilines is 1. The number of halogens is 3. The fraction of sp³-hybridized carbons (Fsp3) is 0.444. The summed E-state index contributed by atoms with van der Waals surface area (Å²) in [5.74, 6) is -0.912. The van der Waals surface area contributed by atoms with E-state index in [1.165, 1.54) is 0 Å². The van der Waals surface area contributed by atoms with Gasteiger partial charge in [0, 0.05) is 6.54 Å². The van der Waals surface area contributed by atoms with Crippen LogP contribution in [0, 0.1) is 0 Å². The highest BCUT2D eigenvalue weighted by atomic mass is 19.4. The largest absolute Gasteiger partial charge is 0.406 e. The molecule has 0 spiro atoms. The average Bonchev–Trinajstić information content (AvgIpc) is 2.27. The van der Waals surface area contributed by atoms with Crippen LogP contribution in [0.2, 0.25) is 0 Å². The zero-order chi connectivity index (χ0) is 13.8. The van der Waals surface area contributed by atoms with Gasteiger partial charge in [-0.05, 0) is 0 Å². The van der Waals surface area contributed by atoms with Gasteiger partial charge >= 0.3 is 6.18 Å². The number of nitrogens with zero attached hydrogens (tertiary/aromatic N) is 3. The van der Waals surface area contributed by atoms with Crippen molar-refractivity contribution in [3.05, 3.63) is 18.1 Å². The highest BCUT2D eigenvalue weighted by Gasteiger charge is 2.33. The predicted molar refractivity (Wildman–Crippen MR) is 55.5 cm³/mol. The lowest BCUT2D eigenvalue weighted by Gasteiger charge is -2.22. The van der Waals surface area contributed by atoms with Gasteiger partial charge in [-0.3, -0.25) is 4.79 Å². The highest BCUT2D eigenvalue weighted by molar-refractivity contribution is 5.92. The van der Waals surface area contributed by atoms with E-state index >= 15 is 0 Å². The fourth-order valence-electron chi connectivity index (χ4n) is 1.20. The summed E-state index contributed by atoms with van der Waals surface area (Å²) in [7, 11) is 0. The summed E-state index contributed by atoms with van der Waals surface area (Å²) in [6.07, 6.45) is -2.50. The van der Waals surface area contributed by atoms with E-state index in [9.17, 15) is 18.0 Å². The van der Waals surface area contributed by atoms with Crippen molar-refractivity contribution in [2.75, 3.05) is 25.4 Å². The number of rotatable bonds is 4. The Bertz CT molecular complexity index is 407. The van der Waals surface area contributed by atoms with Crippen molar-refractivity contribution < 1.29 is 23.1 Å². The smallest absolute Gasteiger partial charge is 0.395 e. The first-order valence-electron chi connectivity index (χ1n) is 4.88. The van der Waals surface area contributed by atoms with E-state index in [2.05, 4.69) is 9.97 Å². The molecule has 1 aromatic rings. The van der Waals surface area contributed by atoms with Gasteiger partial charge < -0.3 is 15.7 Å². The number of aromatic nitrogens is 2. The number of carbonyl (C=O) groups is 1. The number of carbonyl (C=O) groups excluding carboxylic acids is 1. The molecule has 0 saturated heterocycles. The standard InChI is InChI=1S/C9H11F3N4O2/c10-9(11,12)5-16(1-2-17)8(18)6-3-15-7(13)4-14-6/h3-4,17H,1-2,5H2,(H2,13,15). The van der Waals surface area contributed by atoms with Gasteiger partial charge in [0.05, 0.1) is 19.0 Å². The Hall–Kier alpha value is -1.90.